The molecule has 0 spiro atoms. The summed E-state index contributed by atoms with van der Waals surface area (Å²) in [6.45, 7) is 0.917. The molecule has 1 aliphatic heterocycles. The Hall–Kier alpha value is -1.49. The predicted molar refractivity (Wildman–Crippen MR) is 84.8 cm³/mol. The summed E-state index contributed by atoms with van der Waals surface area (Å²) in [6, 6.07) is 10.6. The van der Waals surface area contributed by atoms with Crippen LogP contribution >= 0.6 is 0 Å². The van der Waals surface area contributed by atoms with E-state index >= 15 is 0 Å². The Labute approximate surface area is 125 Å². The first-order valence-electron chi connectivity index (χ1n) is 7.77. The summed E-state index contributed by atoms with van der Waals surface area (Å²) >= 11 is 0. The molecular weight excluding hydrogens is 262 g/mol. The minimum atomic E-state index is 0.278. The lowest BCUT2D eigenvalue weighted by atomic mass is 9.97. The minimum absolute atomic E-state index is 0.278. The Balaban J connectivity index is 1.67. The fourth-order valence-corrected chi connectivity index (χ4v) is 3.10. The third kappa shape index (κ3) is 3.59. The third-order valence-electron chi connectivity index (χ3n) is 4.30. The largest absolute Gasteiger partial charge is 0.378 e. The lowest BCUT2D eigenvalue weighted by molar-refractivity contribution is 0.0996. The monoisotopic (exact) mass is 285 g/mol. The Morgan fingerprint density at radius 2 is 2.24 bits per heavy atom. The van der Waals surface area contributed by atoms with Gasteiger partial charge in [-0.2, -0.15) is 0 Å². The highest BCUT2D eigenvalue weighted by Gasteiger charge is 2.18. The second kappa shape index (κ2) is 6.98. The number of nitrogens with zero attached hydrogens (tertiary/aromatic N) is 1. The number of hydrogen-bond acceptors (Lipinski definition) is 4. The Kier molecular flexibility index (Phi) is 4.80. The first kappa shape index (κ1) is 14.4. The second-order valence-electron chi connectivity index (χ2n) is 5.77. The highest BCUT2D eigenvalue weighted by atomic mass is 16.5. The number of hydrazine groups is 1. The molecule has 4 nitrogen and oxygen atoms in total. The van der Waals surface area contributed by atoms with Crippen molar-refractivity contribution in [3.63, 3.8) is 0 Å². The Morgan fingerprint density at radius 1 is 1.33 bits per heavy atom. The summed E-state index contributed by atoms with van der Waals surface area (Å²) in [6.07, 6.45) is 7.73. The molecule has 112 valence electrons. The topological polar surface area (TPSA) is 60.2 Å². The van der Waals surface area contributed by atoms with Gasteiger partial charge in [-0.05, 0) is 49.8 Å². The van der Waals surface area contributed by atoms with Gasteiger partial charge in [-0.15, -0.1) is 0 Å². The summed E-state index contributed by atoms with van der Waals surface area (Å²) in [5.41, 5.74) is 5.31. The number of fused-ring (bicyclic) bond motifs is 1. The van der Waals surface area contributed by atoms with Crippen LogP contribution in [-0.4, -0.2) is 23.7 Å². The molecule has 3 rings (SSSR count). The van der Waals surface area contributed by atoms with E-state index in [1.165, 1.54) is 23.8 Å². The van der Waals surface area contributed by atoms with E-state index in [0.29, 0.717) is 6.10 Å². The molecule has 0 aliphatic carbocycles. The zero-order chi connectivity index (χ0) is 14.5. The molecule has 2 heterocycles. The molecule has 21 heavy (non-hydrogen) atoms. The van der Waals surface area contributed by atoms with Gasteiger partial charge in [0.15, 0.2) is 0 Å². The molecule has 1 saturated heterocycles. The lowest BCUT2D eigenvalue weighted by Gasteiger charge is -2.18. The van der Waals surface area contributed by atoms with E-state index in [1.54, 1.807) is 0 Å². The average molecular weight is 285 g/mol. The molecule has 0 saturated carbocycles. The average Bonchev–Trinajstić information content (AvgIpc) is 3.05. The number of rotatable bonds is 6. The Bertz CT molecular complexity index is 576. The number of nitrogens with one attached hydrogen (secondary N) is 1. The van der Waals surface area contributed by atoms with E-state index in [4.69, 9.17) is 10.6 Å². The van der Waals surface area contributed by atoms with Crippen molar-refractivity contribution in [1.29, 1.82) is 0 Å². The van der Waals surface area contributed by atoms with Gasteiger partial charge in [0.05, 0.1) is 11.6 Å². The SMILES string of the molecule is NNC(CCC1CCCO1)Cc1ccnc2ccccc12. The molecule has 4 heteroatoms. The summed E-state index contributed by atoms with van der Waals surface area (Å²) in [5, 5.41) is 1.22. The van der Waals surface area contributed by atoms with E-state index in [2.05, 4.69) is 34.7 Å². The number of benzene rings is 1. The lowest BCUT2D eigenvalue weighted by Crippen LogP contribution is -2.37. The molecule has 2 aromatic rings. The van der Waals surface area contributed by atoms with Crippen LogP contribution in [0.15, 0.2) is 36.5 Å². The van der Waals surface area contributed by atoms with Crippen molar-refractivity contribution in [3.8, 4) is 0 Å². The molecule has 0 amide bonds. The molecule has 1 aromatic carbocycles. The summed E-state index contributed by atoms with van der Waals surface area (Å²) < 4.78 is 5.69. The van der Waals surface area contributed by atoms with Gasteiger partial charge >= 0.3 is 0 Å². The van der Waals surface area contributed by atoms with E-state index in [9.17, 15) is 0 Å². The quantitative estimate of drug-likeness (QED) is 0.632. The van der Waals surface area contributed by atoms with E-state index < -0.39 is 0 Å². The third-order valence-corrected chi connectivity index (χ3v) is 4.30. The van der Waals surface area contributed by atoms with Crippen molar-refractivity contribution in [2.24, 2.45) is 5.84 Å². The highest BCUT2D eigenvalue weighted by molar-refractivity contribution is 5.81. The molecule has 1 aliphatic rings. The minimum Gasteiger partial charge on any atom is -0.378 e. The van der Waals surface area contributed by atoms with E-state index in [0.717, 1.165) is 31.4 Å². The van der Waals surface area contributed by atoms with Crippen LogP contribution in [0, 0.1) is 0 Å². The maximum absolute atomic E-state index is 5.74. The van der Waals surface area contributed by atoms with Crippen LogP contribution in [0.5, 0.6) is 0 Å². The van der Waals surface area contributed by atoms with Crippen LogP contribution < -0.4 is 11.3 Å². The fourth-order valence-electron chi connectivity index (χ4n) is 3.10. The highest BCUT2D eigenvalue weighted by Crippen LogP contribution is 2.21. The number of pyridine rings is 1. The number of nitrogens with two attached hydrogens (primary N) is 1. The van der Waals surface area contributed by atoms with Crippen LogP contribution in [0.1, 0.15) is 31.2 Å². The van der Waals surface area contributed by atoms with Crippen molar-refractivity contribution < 1.29 is 4.74 Å². The predicted octanol–water partition coefficient (Wildman–Crippen LogP) is 2.57. The first-order chi connectivity index (χ1) is 10.4. The van der Waals surface area contributed by atoms with E-state index in [1.807, 2.05) is 12.3 Å². The van der Waals surface area contributed by atoms with Crippen molar-refractivity contribution in [2.75, 3.05) is 6.61 Å². The van der Waals surface area contributed by atoms with Crippen molar-refractivity contribution >= 4 is 10.9 Å². The first-order valence-corrected chi connectivity index (χ1v) is 7.77. The van der Waals surface area contributed by atoms with Gasteiger partial charge in [0.1, 0.15) is 0 Å². The van der Waals surface area contributed by atoms with Crippen LogP contribution in [0.3, 0.4) is 0 Å². The number of ether oxygens (including phenoxy) is 1. The van der Waals surface area contributed by atoms with E-state index in [-0.39, 0.29) is 6.04 Å². The van der Waals surface area contributed by atoms with Gasteiger partial charge in [0, 0.05) is 24.2 Å². The van der Waals surface area contributed by atoms with Gasteiger partial charge in [0.25, 0.3) is 0 Å². The molecular formula is C17H23N3O. The van der Waals surface area contributed by atoms with Gasteiger partial charge in [-0.25, -0.2) is 0 Å². The van der Waals surface area contributed by atoms with Crippen LogP contribution in [0.2, 0.25) is 0 Å². The Morgan fingerprint density at radius 3 is 3.05 bits per heavy atom. The molecule has 3 N–H and O–H groups in total. The van der Waals surface area contributed by atoms with Gasteiger partial charge in [-0.3, -0.25) is 16.3 Å². The number of aromatic nitrogens is 1. The maximum Gasteiger partial charge on any atom is 0.0704 e. The smallest absolute Gasteiger partial charge is 0.0704 e. The van der Waals surface area contributed by atoms with Crippen LogP contribution in [0.25, 0.3) is 10.9 Å². The summed E-state index contributed by atoms with van der Waals surface area (Å²) in [7, 11) is 0. The molecule has 0 radical (unpaired) electrons. The van der Waals surface area contributed by atoms with Crippen molar-refractivity contribution in [3.05, 3.63) is 42.1 Å². The van der Waals surface area contributed by atoms with Crippen LogP contribution in [0.4, 0.5) is 0 Å². The zero-order valence-corrected chi connectivity index (χ0v) is 12.3. The molecule has 0 bridgehead atoms. The standard InChI is InChI=1S/C17H23N3O/c18-20-14(7-8-15-4-3-11-21-15)12-13-9-10-19-17-6-2-1-5-16(13)17/h1-2,5-6,9-10,14-15,20H,3-4,7-8,11-12,18H2. The van der Waals surface area contributed by atoms with Crippen LogP contribution in [-0.2, 0) is 11.2 Å². The second-order valence-corrected chi connectivity index (χ2v) is 5.77. The number of para-hydroxylation sites is 1. The fraction of sp³-hybridized carbons (Fsp3) is 0.471. The zero-order valence-electron chi connectivity index (χ0n) is 12.3. The molecule has 2 atom stereocenters. The van der Waals surface area contributed by atoms with Gasteiger partial charge in [0.2, 0.25) is 0 Å². The summed E-state index contributed by atoms with van der Waals surface area (Å²) in [5.74, 6) is 5.74. The van der Waals surface area contributed by atoms with Crippen molar-refractivity contribution in [1.82, 2.24) is 10.4 Å². The number of hydrogen-bond donors (Lipinski definition) is 2. The van der Waals surface area contributed by atoms with Crippen molar-refractivity contribution in [2.45, 2.75) is 44.2 Å². The normalized spacial score (nSPS) is 20.0. The summed E-state index contributed by atoms with van der Waals surface area (Å²) in [4.78, 5) is 4.41. The van der Waals surface area contributed by atoms with Gasteiger partial charge < -0.3 is 4.74 Å². The molecule has 2 unspecified atom stereocenters. The molecule has 1 fully saturated rings. The molecule has 1 aromatic heterocycles. The van der Waals surface area contributed by atoms with Gasteiger partial charge in [-0.1, -0.05) is 18.2 Å². The maximum atomic E-state index is 5.74.